The molecule has 3 rings (SSSR count). The highest BCUT2D eigenvalue weighted by molar-refractivity contribution is 5.53. The lowest BCUT2D eigenvalue weighted by Crippen LogP contribution is -2.26. The van der Waals surface area contributed by atoms with Gasteiger partial charge in [0.2, 0.25) is 5.43 Å². The molecule has 0 aromatic carbocycles. The number of ether oxygens (including phenoxy) is 1. The number of hydrogen-bond acceptors (Lipinski definition) is 6. The molecule has 0 amide bonds. The van der Waals surface area contributed by atoms with E-state index >= 15 is 0 Å². The summed E-state index contributed by atoms with van der Waals surface area (Å²) in [4.78, 5) is 26.1. The second-order valence-corrected chi connectivity index (χ2v) is 5.78. The van der Waals surface area contributed by atoms with Crippen molar-refractivity contribution in [1.29, 1.82) is 0 Å². The molecule has 0 spiro atoms. The predicted molar refractivity (Wildman–Crippen MR) is 90.7 cm³/mol. The van der Waals surface area contributed by atoms with Gasteiger partial charge in [-0.25, -0.2) is 4.98 Å². The third-order valence-electron chi connectivity index (χ3n) is 4.15. The van der Waals surface area contributed by atoms with Crippen molar-refractivity contribution in [1.82, 2.24) is 24.6 Å². The monoisotopic (exact) mass is 328 g/mol. The quantitative estimate of drug-likeness (QED) is 0.778. The van der Waals surface area contributed by atoms with Crippen molar-refractivity contribution in [2.75, 3.05) is 19.1 Å². The Hall–Kier alpha value is -2.90. The molecule has 1 N–H and O–H groups in total. The SMILES string of the molecule is COc1c(C)[nH]cc(CN(C)c2c(C)c(C)nc3ncnn23)c1=O. The molecule has 0 aliphatic rings. The number of nitrogens with zero attached hydrogens (tertiary/aromatic N) is 5. The maximum atomic E-state index is 12.5. The van der Waals surface area contributed by atoms with Gasteiger partial charge in [-0.3, -0.25) is 4.79 Å². The number of H-pyrrole nitrogens is 1. The molecule has 3 aromatic heterocycles. The number of hydrogen-bond donors (Lipinski definition) is 1. The fourth-order valence-electron chi connectivity index (χ4n) is 2.80. The Morgan fingerprint density at radius 3 is 2.79 bits per heavy atom. The standard InChI is InChI=1S/C16H20N6O2/c1-9-10(2)20-16-18-8-19-22(16)15(9)21(4)7-12-6-17-11(3)14(24-5)13(12)23/h6,8H,7H2,1-5H3,(H,17,23). The van der Waals surface area contributed by atoms with Crippen LogP contribution in [0.4, 0.5) is 5.82 Å². The first-order valence-electron chi connectivity index (χ1n) is 7.57. The molecule has 0 atom stereocenters. The number of aromatic amines is 1. The fraction of sp³-hybridized carbons (Fsp3) is 0.375. The molecule has 24 heavy (non-hydrogen) atoms. The number of pyridine rings is 1. The van der Waals surface area contributed by atoms with Gasteiger partial charge in [0.05, 0.1) is 12.8 Å². The van der Waals surface area contributed by atoms with Crippen LogP contribution in [0.1, 0.15) is 22.5 Å². The van der Waals surface area contributed by atoms with Gasteiger partial charge in [-0.2, -0.15) is 14.6 Å². The molecule has 0 unspecified atom stereocenters. The first-order valence-corrected chi connectivity index (χ1v) is 7.57. The number of anilines is 1. The first kappa shape index (κ1) is 16.0. The van der Waals surface area contributed by atoms with E-state index in [-0.39, 0.29) is 5.43 Å². The third kappa shape index (κ3) is 2.49. The van der Waals surface area contributed by atoms with Crippen molar-refractivity contribution in [3.8, 4) is 5.75 Å². The van der Waals surface area contributed by atoms with Crippen LogP contribution in [0.3, 0.4) is 0 Å². The zero-order valence-corrected chi connectivity index (χ0v) is 14.4. The Morgan fingerprint density at radius 1 is 1.33 bits per heavy atom. The molecule has 3 heterocycles. The van der Waals surface area contributed by atoms with Crippen molar-refractivity contribution >= 4 is 11.6 Å². The molecule has 126 valence electrons. The lowest BCUT2D eigenvalue weighted by Gasteiger charge is -2.22. The number of aromatic nitrogens is 5. The van der Waals surface area contributed by atoms with Gasteiger partial charge in [0.15, 0.2) is 5.75 Å². The maximum Gasteiger partial charge on any atom is 0.254 e. The topological polar surface area (TPSA) is 88.4 Å². The molecule has 0 saturated heterocycles. The Bertz CT molecular complexity index is 959. The second-order valence-electron chi connectivity index (χ2n) is 5.78. The van der Waals surface area contributed by atoms with Gasteiger partial charge in [-0.1, -0.05) is 0 Å². The van der Waals surface area contributed by atoms with Crippen LogP contribution >= 0.6 is 0 Å². The number of rotatable bonds is 4. The zero-order valence-electron chi connectivity index (χ0n) is 14.4. The lowest BCUT2D eigenvalue weighted by molar-refractivity contribution is 0.404. The second kappa shape index (κ2) is 5.95. The summed E-state index contributed by atoms with van der Waals surface area (Å²) in [5.74, 6) is 1.73. The normalized spacial score (nSPS) is 11.0. The van der Waals surface area contributed by atoms with Crippen LogP contribution < -0.4 is 15.1 Å². The highest BCUT2D eigenvalue weighted by Crippen LogP contribution is 2.22. The van der Waals surface area contributed by atoms with Gasteiger partial charge in [0.25, 0.3) is 5.78 Å². The highest BCUT2D eigenvalue weighted by Gasteiger charge is 2.17. The van der Waals surface area contributed by atoms with Crippen LogP contribution in [-0.2, 0) is 6.54 Å². The summed E-state index contributed by atoms with van der Waals surface area (Å²) in [7, 11) is 3.41. The van der Waals surface area contributed by atoms with E-state index in [1.165, 1.54) is 13.4 Å². The Morgan fingerprint density at radius 2 is 2.08 bits per heavy atom. The third-order valence-corrected chi connectivity index (χ3v) is 4.15. The van der Waals surface area contributed by atoms with Gasteiger partial charge in [-0.05, 0) is 20.8 Å². The Labute approximate surface area is 139 Å². The van der Waals surface area contributed by atoms with E-state index in [4.69, 9.17) is 4.74 Å². The number of methoxy groups -OCH3 is 1. The average molecular weight is 328 g/mol. The number of nitrogens with one attached hydrogen (secondary N) is 1. The highest BCUT2D eigenvalue weighted by atomic mass is 16.5. The summed E-state index contributed by atoms with van der Waals surface area (Å²) in [6, 6.07) is 0. The molecule has 0 aliphatic carbocycles. The molecule has 0 saturated carbocycles. The largest absolute Gasteiger partial charge is 0.491 e. The van der Waals surface area contributed by atoms with E-state index in [2.05, 4.69) is 20.1 Å². The molecule has 8 heteroatoms. The smallest absolute Gasteiger partial charge is 0.254 e. The summed E-state index contributed by atoms with van der Waals surface area (Å²) < 4.78 is 6.89. The average Bonchev–Trinajstić information content (AvgIpc) is 2.99. The van der Waals surface area contributed by atoms with Crippen molar-refractivity contribution in [2.24, 2.45) is 0 Å². The van der Waals surface area contributed by atoms with Gasteiger partial charge in [0.1, 0.15) is 12.1 Å². The summed E-state index contributed by atoms with van der Waals surface area (Å²) in [6.45, 7) is 6.13. The number of fused-ring (bicyclic) bond motifs is 1. The minimum absolute atomic E-state index is 0.112. The fourth-order valence-corrected chi connectivity index (χ4v) is 2.80. The zero-order chi connectivity index (χ0) is 17.4. The predicted octanol–water partition coefficient (Wildman–Crippen LogP) is 1.38. The van der Waals surface area contributed by atoms with Crippen LogP contribution in [0, 0.1) is 20.8 Å². The minimum atomic E-state index is -0.112. The minimum Gasteiger partial charge on any atom is -0.491 e. The summed E-state index contributed by atoms with van der Waals surface area (Å²) in [5.41, 5.74) is 3.09. The van der Waals surface area contributed by atoms with Crippen LogP contribution in [0.2, 0.25) is 0 Å². The van der Waals surface area contributed by atoms with Crippen molar-refractivity contribution in [3.63, 3.8) is 0 Å². The molecule has 8 nitrogen and oxygen atoms in total. The Kier molecular flexibility index (Phi) is 3.96. The van der Waals surface area contributed by atoms with E-state index in [0.717, 1.165) is 17.1 Å². The van der Waals surface area contributed by atoms with Crippen molar-refractivity contribution < 1.29 is 4.74 Å². The van der Waals surface area contributed by atoms with Gasteiger partial charge < -0.3 is 14.6 Å². The van der Waals surface area contributed by atoms with E-state index in [1.807, 2.05) is 32.7 Å². The molecule has 0 aliphatic heterocycles. The van der Waals surface area contributed by atoms with Gasteiger partial charge in [0, 0.05) is 36.6 Å². The summed E-state index contributed by atoms with van der Waals surface area (Å²) in [6.07, 6.45) is 3.19. The molecular formula is C16H20N6O2. The molecule has 0 radical (unpaired) electrons. The summed E-state index contributed by atoms with van der Waals surface area (Å²) in [5, 5.41) is 4.24. The van der Waals surface area contributed by atoms with Crippen molar-refractivity contribution in [3.05, 3.63) is 45.3 Å². The van der Waals surface area contributed by atoms with Crippen LogP contribution in [0.25, 0.3) is 5.78 Å². The number of aryl methyl sites for hydroxylation is 2. The molecule has 0 bridgehead atoms. The lowest BCUT2D eigenvalue weighted by atomic mass is 10.2. The van der Waals surface area contributed by atoms with Crippen LogP contribution in [-0.4, -0.2) is 38.7 Å². The van der Waals surface area contributed by atoms with Crippen molar-refractivity contribution in [2.45, 2.75) is 27.3 Å². The molecule has 0 fully saturated rings. The molecular weight excluding hydrogens is 308 g/mol. The van der Waals surface area contributed by atoms with E-state index < -0.39 is 0 Å². The summed E-state index contributed by atoms with van der Waals surface area (Å²) >= 11 is 0. The van der Waals surface area contributed by atoms with Crippen LogP contribution in [0.15, 0.2) is 17.3 Å². The van der Waals surface area contributed by atoms with E-state index in [9.17, 15) is 4.79 Å². The Balaban J connectivity index is 2.06. The van der Waals surface area contributed by atoms with Gasteiger partial charge >= 0.3 is 0 Å². The van der Waals surface area contributed by atoms with E-state index in [0.29, 0.717) is 29.3 Å². The molecule has 3 aromatic rings. The first-order chi connectivity index (χ1) is 11.4. The maximum absolute atomic E-state index is 12.5. The van der Waals surface area contributed by atoms with E-state index in [1.54, 1.807) is 10.7 Å². The van der Waals surface area contributed by atoms with Crippen LogP contribution in [0.5, 0.6) is 5.75 Å². The van der Waals surface area contributed by atoms with Gasteiger partial charge in [-0.15, -0.1) is 0 Å².